The van der Waals surface area contributed by atoms with Gasteiger partial charge in [-0.25, -0.2) is 4.79 Å². The van der Waals surface area contributed by atoms with Gasteiger partial charge in [-0.2, -0.15) is 0 Å². The highest BCUT2D eigenvalue weighted by atomic mass is 32.2. The zero-order valence-corrected chi connectivity index (χ0v) is 8.37. The first-order valence-corrected chi connectivity index (χ1v) is 5.83. The summed E-state index contributed by atoms with van der Waals surface area (Å²) in [5.41, 5.74) is 0. The monoisotopic (exact) mass is 215 g/mol. The van der Waals surface area contributed by atoms with Gasteiger partial charge in [0.1, 0.15) is 6.10 Å². The molecule has 14 heavy (non-hydrogen) atoms. The molecule has 2 rings (SSSR count). The smallest absolute Gasteiger partial charge is 0.452 e. The molecular weight excluding hydrogens is 204 g/mol. The number of ether oxygens (including phenoxy) is 1. The van der Waals surface area contributed by atoms with Gasteiger partial charge < -0.3 is 9.29 Å². The van der Waals surface area contributed by atoms with Crippen LogP contribution < -0.4 is 0 Å². The summed E-state index contributed by atoms with van der Waals surface area (Å²) in [6.45, 7) is 0. The number of rotatable bonds is 0. The number of hydrogen-bond donors (Lipinski definition) is 1. The van der Waals surface area contributed by atoms with Gasteiger partial charge in [0.25, 0.3) is 0 Å². The normalized spacial score (nSPS) is 37.0. The Labute approximate surface area is 83.8 Å². The van der Waals surface area contributed by atoms with E-state index in [4.69, 9.17) is 10.1 Å². The first-order chi connectivity index (χ1) is 6.74. The molecule has 2 aliphatic rings. The van der Waals surface area contributed by atoms with Crippen LogP contribution in [0, 0.1) is 5.39 Å². The van der Waals surface area contributed by atoms with Gasteiger partial charge in [0.05, 0.1) is 5.25 Å². The second kappa shape index (κ2) is 3.67. The van der Waals surface area contributed by atoms with Crippen LogP contribution >= 0.6 is 10.8 Å². The Bertz CT molecular complexity index is 347. The van der Waals surface area contributed by atoms with Crippen LogP contribution in [0.2, 0.25) is 0 Å². The lowest BCUT2D eigenvalue weighted by atomic mass is 9.97. The van der Waals surface area contributed by atoms with Crippen LogP contribution in [-0.2, 0) is 9.53 Å². The molecule has 0 amide bonds. The fraction of sp³-hybridized carbons (Fsp3) is 0.750. The summed E-state index contributed by atoms with van der Waals surface area (Å²) >= 11 is 0. The topological polar surface area (TPSA) is 74.7 Å². The molecule has 1 aliphatic heterocycles. The molecule has 1 fully saturated rings. The molecule has 0 radical (unpaired) electrons. The summed E-state index contributed by atoms with van der Waals surface area (Å²) in [4.78, 5) is 13.8. The third-order valence-electron chi connectivity index (χ3n) is 2.65. The zero-order chi connectivity index (χ0) is 10.1. The number of hydrogen-bond acceptors (Lipinski definition) is 4. The molecular formula is C8H11N2O3S+. The van der Waals surface area contributed by atoms with Crippen molar-refractivity contribution in [2.45, 2.75) is 37.0 Å². The Kier molecular flexibility index (Phi) is 2.52. The first-order valence-electron chi connectivity index (χ1n) is 4.59. The maximum Gasteiger partial charge on any atom is 0.517 e. The predicted molar refractivity (Wildman–Crippen MR) is 52.4 cm³/mol. The lowest BCUT2D eigenvalue weighted by molar-refractivity contribution is -0.141. The Hall–Kier alpha value is -0.930. The minimum atomic E-state index is -1.25. The Balaban J connectivity index is 2.34. The molecule has 1 N–H and O–H groups in total. The third-order valence-corrected chi connectivity index (χ3v) is 4.41. The quantitative estimate of drug-likeness (QED) is 0.378. The van der Waals surface area contributed by atoms with Gasteiger partial charge in [-0.1, -0.05) is 6.42 Å². The van der Waals surface area contributed by atoms with E-state index in [2.05, 4.69) is 4.98 Å². The standard InChI is InChI=1S/C8H10N2O3S/c9-10-7-8(11)13-5-3-1-2-4-6(5)14(7)12/h5-6H,1-4H2/p+1/t5-,6+,14?/m0/s1. The fourth-order valence-corrected chi connectivity index (χ4v) is 3.41. The number of carbonyl (C=O) groups excluding carboxylic acids is 1. The highest BCUT2D eigenvalue weighted by Crippen LogP contribution is 2.37. The molecule has 1 aliphatic carbocycles. The molecule has 0 spiro atoms. The molecule has 0 aromatic heterocycles. The van der Waals surface area contributed by atoms with Gasteiger partial charge in [0.15, 0.2) is 4.98 Å². The van der Waals surface area contributed by atoms with Gasteiger partial charge in [-0.15, -0.1) is 0 Å². The predicted octanol–water partition coefficient (Wildman–Crippen LogP) is 1.58. The minimum absolute atomic E-state index is 0.0626. The molecule has 5 nitrogen and oxygen atoms in total. The summed E-state index contributed by atoms with van der Waals surface area (Å²) < 4.78 is 14.9. The van der Waals surface area contributed by atoms with Crippen LogP contribution in [0.3, 0.4) is 0 Å². The van der Waals surface area contributed by atoms with Crippen molar-refractivity contribution in [3.05, 3.63) is 4.98 Å². The van der Waals surface area contributed by atoms with Crippen molar-refractivity contribution >= 4 is 21.7 Å². The number of fused-ring (bicyclic) bond motifs is 1. The van der Waals surface area contributed by atoms with Crippen LogP contribution in [0.4, 0.5) is 0 Å². The first kappa shape index (κ1) is 9.62. The van der Waals surface area contributed by atoms with Crippen LogP contribution in [-0.4, -0.2) is 26.9 Å². The van der Waals surface area contributed by atoms with E-state index in [1.807, 2.05) is 0 Å². The van der Waals surface area contributed by atoms with Gasteiger partial charge in [0, 0.05) is 10.8 Å². The van der Waals surface area contributed by atoms with Crippen molar-refractivity contribution in [3.63, 3.8) is 0 Å². The van der Waals surface area contributed by atoms with Gasteiger partial charge >= 0.3 is 11.0 Å². The zero-order valence-electron chi connectivity index (χ0n) is 7.55. The Morgan fingerprint density at radius 2 is 2.21 bits per heavy atom. The lowest BCUT2D eigenvalue weighted by Crippen LogP contribution is -2.40. The van der Waals surface area contributed by atoms with E-state index < -0.39 is 16.7 Å². The van der Waals surface area contributed by atoms with Crippen molar-refractivity contribution in [1.29, 1.82) is 5.39 Å². The van der Waals surface area contributed by atoms with Crippen molar-refractivity contribution in [2.75, 3.05) is 0 Å². The van der Waals surface area contributed by atoms with Gasteiger partial charge in [0.2, 0.25) is 5.39 Å². The molecule has 3 atom stereocenters. The highest BCUT2D eigenvalue weighted by molar-refractivity contribution is 8.12. The van der Waals surface area contributed by atoms with Crippen molar-refractivity contribution in [3.8, 4) is 0 Å². The van der Waals surface area contributed by atoms with Crippen molar-refractivity contribution in [1.82, 2.24) is 0 Å². The van der Waals surface area contributed by atoms with Crippen LogP contribution in [0.15, 0.2) is 0 Å². The average molecular weight is 215 g/mol. The Morgan fingerprint density at radius 3 is 2.93 bits per heavy atom. The summed E-state index contributed by atoms with van der Waals surface area (Å²) in [5, 5.41) is 8.49. The molecule has 6 heteroatoms. The third kappa shape index (κ3) is 1.42. The SMILES string of the molecule is N#[N+]C1=S(O)[C@@H]2CCCC[C@@H]2OC1=O. The van der Waals surface area contributed by atoms with Crippen LogP contribution in [0.25, 0.3) is 4.98 Å². The minimum Gasteiger partial charge on any atom is -0.452 e. The van der Waals surface area contributed by atoms with Crippen LogP contribution in [0.1, 0.15) is 25.7 Å². The number of diazo groups is 1. The van der Waals surface area contributed by atoms with Gasteiger partial charge in [-0.3, -0.25) is 0 Å². The maximum absolute atomic E-state index is 11.2. The number of nitrogens with zero attached hydrogens (tertiary/aromatic N) is 2. The molecule has 0 aromatic rings. The largest absolute Gasteiger partial charge is 0.517 e. The second-order valence-electron chi connectivity index (χ2n) is 3.49. The van der Waals surface area contributed by atoms with E-state index in [1.165, 1.54) is 0 Å². The number of carbonyl (C=O) groups is 1. The molecule has 76 valence electrons. The van der Waals surface area contributed by atoms with Crippen molar-refractivity contribution in [2.24, 2.45) is 0 Å². The molecule has 0 aromatic carbocycles. The van der Waals surface area contributed by atoms with Gasteiger partial charge in [-0.05, 0) is 19.3 Å². The number of esters is 1. The Morgan fingerprint density at radius 1 is 1.50 bits per heavy atom. The summed E-state index contributed by atoms with van der Waals surface area (Å²) in [7, 11) is -1.25. The van der Waals surface area contributed by atoms with E-state index in [1.54, 1.807) is 0 Å². The highest BCUT2D eigenvalue weighted by Gasteiger charge is 2.45. The lowest BCUT2D eigenvalue weighted by Gasteiger charge is -2.31. The van der Waals surface area contributed by atoms with E-state index in [0.717, 1.165) is 25.7 Å². The second-order valence-corrected chi connectivity index (χ2v) is 5.11. The van der Waals surface area contributed by atoms with Crippen LogP contribution in [0.5, 0.6) is 0 Å². The summed E-state index contributed by atoms with van der Waals surface area (Å²) in [6.07, 6.45) is 3.50. The van der Waals surface area contributed by atoms with Crippen molar-refractivity contribution < 1.29 is 14.1 Å². The van der Waals surface area contributed by atoms with E-state index in [0.29, 0.717) is 0 Å². The molecule has 1 unspecified atom stereocenters. The molecule has 0 bridgehead atoms. The maximum atomic E-state index is 11.2. The fourth-order valence-electron chi connectivity index (χ4n) is 1.95. The summed E-state index contributed by atoms with van der Waals surface area (Å²) in [6, 6.07) is 0. The molecule has 1 heterocycles. The van der Waals surface area contributed by atoms with E-state index in [9.17, 15) is 9.35 Å². The molecule has 0 saturated heterocycles. The summed E-state index contributed by atoms with van der Waals surface area (Å²) in [5.74, 6) is -0.679. The van der Waals surface area contributed by atoms with E-state index in [-0.39, 0.29) is 16.3 Å². The average Bonchev–Trinajstić information content (AvgIpc) is 2.18. The molecule has 1 saturated carbocycles. The van der Waals surface area contributed by atoms with E-state index >= 15 is 0 Å².